The van der Waals surface area contributed by atoms with Crippen molar-refractivity contribution in [1.82, 2.24) is 0 Å². The van der Waals surface area contributed by atoms with Gasteiger partial charge in [0.15, 0.2) is 0 Å². The van der Waals surface area contributed by atoms with E-state index in [2.05, 4.69) is 27.3 Å². The number of hydrogen-bond acceptors (Lipinski definition) is 3. The molecule has 1 unspecified atom stereocenters. The Kier molecular flexibility index (Phi) is 3.93. The van der Waals surface area contributed by atoms with E-state index in [0.717, 1.165) is 10.2 Å². The van der Waals surface area contributed by atoms with E-state index in [1.807, 2.05) is 19.1 Å². The standard InChI is InChI=1S/C10H12BrN3/c1-7(5-12)14-10-3-2-9(11)4-8(10)6-13/h2-4,7,14H,5,12H2,1H3. The number of nitrogens with two attached hydrogens (primary N) is 1. The summed E-state index contributed by atoms with van der Waals surface area (Å²) in [6, 6.07) is 7.85. The van der Waals surface area contributed by atoms with E-state index in [4.69, 9.17) is 11.0 Å². The lowest BCUT2D eigenvalue weighted by atomic mass is 10.2. The summed E-state index contributed by atoms with van der Waals surface area (Å²) in [4.78, 5) is 0. The average molecular weight is 254 g/mol. The Hall–Kier alpha value is -1.05. The number of halogens is 1. The molecule has 74 valence electrons. The van der Waals surface area contributed by atoms with Crippen LogP contribution in [-0.4, -0.2) is 12.6 Å². The Labute approximate surface area is 92.0 Å². The van der Waals surface area contributed by atoms with Crippen LogP contribution in [0.3, 0.4) is 0 Å². The van der Waals surface area contributed by atoms with Gasteiger partial charge in [-0.2, -0.15) is 5.26 Å². The van der Waals surface area contributed by atoms with E-state index >= 15 is 0 Å². The summed E-state index contributed by atoms with van der Waals surface area (Å²) in [6.07, 6.45) is 0. The minimum absolute atomic E-state index is 0.170. The van der Waals surface area contributed by atoms with Gasteiger partial charge >= 0.3 is 0 Å². The highest BCUT2D eigenvalue weighted by Gasteiger charge is 2.04. The van der Waals surface area contributed by atoms with Crippen molar-refractivity contribution in [3.63, 3.8) is 0 Å². The molecular formula is C10H12BrN3. The summed E-state index contributed by atoms with van der Waals surface area (Å²) in [6.45, 7) is 2.52. The van der Waals surface area contributed by atoms with Gasteiger partial charge in [-0.3, -0.25) is 0 Å². The molecule has 0 bridgehead atoms. The lowest BCUT2D eigenvalue weighted by molar-refractivity contribution is 0.803. The highest BCUT2D eigenvalue weighted by molar-refractivity contribution is 9.10. The zero-order valence-electron chi connectivity index (χ0n) is 7.92. The summed E-state index contributed by atoms with van der Waals surface area (Å²) >= 11 is 3.32. The number of nitrogens with zero attached hydrogens (tertiary/aromatic N) is 1. The van der Waals surface area contributed by atoms with Crippen LogP contribution in [0.15, 0.2) is 22.7 Å². The predicted molar refractivity (Wildman–Crippen MR) is 61.0 cm³/mol. The van der Waals surface area contributed by atoms with Crippen LogP contribution in [0.2, 0.25) is 0 Å². The van der Waals surface area contributed by atoms with Gasteiger partial charge in [-0.05, 0) is 25.1 Å². The lowest BCUT2D eigenvalue weighted by Crippen LogP contribution is -2.25. The molecule has 0 aliphatic carbocycles. The summed E-state index contributed by atoms with van der Waals surface area (Å²) < 4.78 is 0.903. The zero-order chi connectivity index (χ0) is 10.6. The highest BCUT2D eigenvalue weighted by Crippen LogP contribution is 2.20. The minimum Gasteiger partial charge on any atom is -0.380 e. The van der Waals surface area contributed by atoms with Crippen LogP contribution in [0.25, 0.3) is 0 Å². The maximum atomic E-state index is 8.89. The van der Waals surface area contributed by atoms with Gasteiger partial charge in [0.05, 0.1) is 11.3 Å². The number of rotatable bonds is 3. The molecule has 0 aliphatic rings. The van der Waals surface area contributed by atoms with Crippen LogP contribution >= 0.6 is 15.9 Å². The Balaban J connectivity index is 2.92. The first-order valence-corrected chi connectivity index (χ1v) is 5.13. The summed E-state index contributed by atoms with van der Waals surface area (Å²) in [7, 11) is 0. The van der Waals surface area contributed by atoms with Crippen molar-refractivity contribution in [3.05, 3.63) is 28.2 Å². The third-order valence-electron chi connectivity index (χ3n) is 1.86. The van der Waals surface area contributed by atoms with Crippen molar-refractivity contribution in [3.8, 4) is 6.07 Å². The first kappa shape index (κ1) is 11.0. The van der Waals surface area contributed by atoms with Gasteiger partial charge in [0, 0.05) is 17.1 Å². The van der Waals surface area contributed by atoms with Crippen LogP contribution in [0.4, 0.5) is 5.69 Å². The fourth-order valence-electron chi connectivity index (χ4n) is 1.06. The summed E-state index contributed by atoms with van der Waals surface area (Å²) in [5, 5.41) is 12.1. The van der Waals surface area contributed by atoms with Crippen molar-refractivity contribution in [2.45, 2.75) is 13.0 Å². The number of benzene rings is 1. The van der Waals surface area contributed by atoms with Crippen LogP contribution in [0.5, 0.6) is 0 Å². The molecule has 0 saturated carbocycles. The van der Waals surface area contributed by atoms with E-state index in [1.54, 1.807) is 6.07 Å². The first-order chi connectivity index (χ1) is 6.67. The topological polar surface area (TPSA) is 61.8 Å². The molecule has 4 heteroatoms. The van der Waals surface area contributed by atoms with Gasteiger partial charge in [0.25, 0.3) is 0 Å². The molecule has 1 aromatic rings. The first-order valence-electron chi connectivity index (χ1n) is 4.33. The fourth-order valence-corrected chi connectivity index (χ4v) is 1.42. The molecule has 0 heterocycles. The third-order valence-corrected chi connectivity index (χ3v) is 2.35. The molecule has 0 aromatic heterocycles. The van der Waals surface area contributed by atoms with Gasteiger partial charge in [0.2, 0.25) is 0 Å². The van der Waals surface area contributed by atoms with E-state index in [-0.39, 0.29) is 6.04 Å². The molecule has 1 aromatic carbocycles. The van der Waals surface area contributed by atoms with Crippen molar-refractivity contribution in [2.24, 2.45) is 5.73 Å². The van der Waals surface area contributed by atoms with Crippen molar-refractivity contribution in [1.29, 1.82) is 5.26 Å². The predicted octanol–water partition coefficient (Wildman–Crippen LogP) is 2.08. The summed E-state index contributed by atoms with van der Waals surface area (Å²) in [5.41, 5.74) is 6.94. The SMILES string of the molecule is CC(CN)Nc1ccc(Br)cc1C#N. The summed E-state index contributed by atoms with van der Waals surface area (Å²) in [5.74, 6) is 0. The number of nitriles is 1. The molecule has 1 atom stereocenters. The molecule has 14 heavy (non-hydrogen) atoms. The second-order valence-electron chi connectivity index (χ2n) is 3.08. The Morgan fingerprint density at radius 3 is 2.93 bits per heavy atom. The molecule has 0 spiro atoms. The molecule has 0 fully saturated rings. The van der Waals surface area contributed by atoms with Crippen LogP contribution in [-0.2, 0) is 0 Å². The van der Waals surface area contributed by atoms with E-state index in [1.165, 1.54) is 0 Å². The number of hydrogen-bond donors (Lipinski definition) is 2. The maximum absolute atomic E-state index is 8.89. The number of nitrogens with one attached hydrogen (secondary N) is 1. The van der Waals surface area contributed by atoms with Gasteiger partial charge in [-0.25, -0.2) is 0 Å². The second kappa shape index (κ2) is 4.99. The normalized spacial score (nSPS) is 11.9. The zero-order valence-corrected chi connectivity index (χ0v) is 9.51. The van der Waals surface area contributed by atoms with Crippen molar-refractivity contribution >= 4 is 21.6 Å². The Morgan fingerprint density at radius 1 is 1.64 bits per heavy atom. The maximum Gasteiger partial charge on any atom is 0.101 e. The van der Waals surface area contributed by atoms with Crippen molar-refractivity contribution < 1.29 is 0 Å². The largest absolute Gasteiger partial charge is 0.380 e. The van der Waals surface area contributed by atoms with E-state index < -0.39 is 0 Å². The third kappa shape index (κ3) is 2.72. The van der Waals surface area contributed by atoms with Gasteiger partial charge < -0.3 is 11.1 Å². The van der Waals surface area contributed by atoms with Crippen LogP contribution < -0.4 is 11.1 Å². The van der Waals surface area contributed by atoms with Crippen LogP contribution in [0, 0.1) is 11.3 Å². The van der Waals surface area contributed by atoms with E-state index in [0.29, 0.717) is 12.1 Å². The van der Waals surface area contributed by atoms with Gasteiger partial charge in [-0.15, -0.1) is 0 Å². The molecule has 0 saturated heterocycles. The molecular weight excluding hydrogens is 242 g/mol. The molecule has 1 rings (SSSR count). The van der Waals surface area contributed by atoms with Crippen molar-refractivity contribution in [2.75, 3.05) is 11.9 Å². The lowest BCUT2D eigenvalue weighted by Gasteiger charge is -2.13. The smallest absolute Gasteiger partial charge is 0.101 e. The number of anilines is 1. The molecule has 3 N–H and O–H groups in total. The van der Waals surface area contributed by atoms with Crippen LogP contribution in [0.1, 0.15) is 12.5 Å². The fraction of sp³-hybridized carbons (Fsp3) is 0.300. The van der Waals surface area contributed by atoms with E-state index in [9.17, 15) is 0 Å². The monoisotopic (exact) mass is 253 g/mol. The molecule has 0 radical (unpaired) electrons. The van der Waals surface area contributed by atoms with Gasteiger partial charge in [-0.1, -0.05) is 15.9 Å². The Bertz CT molecular complexity index is 357. The minimum atomic E-state index is 0.170. The second-order valence-corrected chi connectivity index (χ2v) is 4.00. The average Bonchev–Trinajstić information content (AvgIpc) is 2.20. The molecule has 0 amide bonds. The Morgan fingerprint density at radius 2 is 2.36 bits per heavy atom. The molecule has 0 aliphatic heterocycles. The quantitative estimate of drug-likeness (QED) is 0.868. The van der Waals surface area contributed by atoms with Gasteiger partial charge in [0.1, 0.15) is 6.07 Å². The molecule has 3 nitrogen and oxygen atoms in total. The highest BCUT2D eigenvalue weighted by atomic mass is 79.9.